The Morgan fingerprint density at radius 1 is 1.25 bits per heavy atom. The fourth-order valence-electron chi connectivity index (χ4n) is 2.10. The fourth-order valence-corrected chi connectivity index (χ4v) is 2.73. The van der Waals surface area contributed by atoms with Crippen molar-refractivity contribution < 1.29 is 14.3 Å². The Morgan fingerprint density at radius 2 is 2.00 bits per heavy atom. The summed E-state index contributed by atoms with van der Waals surface area (Å²) in [4.78, 5) is 12.3. The number of hydrogen-bond acceptors (Lipinski definition) is 6. The van der Waals surface area contributed by atoms with Gasteiger partial charge >= 0.3 is 0 Å². The van der Waals surface area contributed by atoms with Crippen LogP contribution in [0.4, 0.5) is 0 Å². The number of thiophene rings is 1. The average molecular weight is 344 g/mol. The molecule has 0 bridgehead atoms. The molecule has 0 saturated carbocycles. The summed E-state index contributed by atoms with van der Waals surface area (Å²) < 4.78 is 12.0. The first-order valence-corrected chi connectivity index (χ1v) is 8.09. The third kappa shape index (κ3) is 3.54. The fraction of sp³-hybridized carbons (Fsp3) is 0.188. The molecule has 7 nitrogen and oxygen atoms in total. The van der Waals surface area contributed by atoms with Crippen LogP contribution in [-0.2, 0) is 6.54 Å². The number of nitrogens with one attached hydrogen (secondary N) is 1. The van der Waals surface area contributed by atoms with Crippen molar-refractivity contribution in [2.45, 2.75) is 6.54 Å². The van der Waals surface area contributed by atoms with Crippen molar-refractivity contribution in [1.82, 2.24) is 20.3 Å². The zero-order valence-corrected chi connectivity index (χ0v) is 14.0. The second-order valence-electron chi connectivity index (χ2n) is 4.92. The number of benzene rings is 1. The van der Waals surface area contributed by atoms with Gasteiger partial charge in [0.25, 0.3) is 5.91 Å². The predicted molar refractivity (Wildman–Crippen MR) is 90.0 cm³/mol. The van der Waals surface area contributed by atoms with Gasteiger partial charge in [0.05, 0.1) is 32.6 Å². The van der Waals surface area contributed by atoms with Crippen LogP contribution in [0.2, 0.25) is 0 Å². The molecular formula is C16H16N4O3S. The van der Waals surface area contributed by atoms with E-state index in [2.05, 4.69) is 15.6 Å². The number of hydrogen-bond donors (Lipinski definition) is 1. The number of methoxy groups -OCH3 is 2. The van der Waals surface area contributed by atoms with Crippen LogP contribution in [0, 0.1) is 0 Å². The number of nitrogens with zero attached hydrogens (tertiary/aromatic N) is 3. The second-order valence-corrected chi connectivity index (χ2v) is 5.70. The lowest BCUT2D eigenvalue weighted by Gasteiger charge is -2.08. The minimum atomic E-state index is -0.239. The monoisotopic (exact) mass is 344 g/mol. The highest BCUT2D eigenvalue weighted by Crippen LogP contribution is 2.22. The maximum atomic E-state index is 12.3. The zero-order chi connectivity index (χ0) is 16.9. The van der Waals surface area contributed by atoms with E-state index in [0.717, 1.165) is 5.69 Å². The summed E-state index contributed by atoms with van der Waals surface area (Å²) in [5, 5.41) is 14.9. The smallest absolute Gasteiger partial charge is 0.251 e. The standard InChI is InChI=1S/C16H16N4O3S/c1-22-14-5-11(6-15(7-14)23-2)16(21)17-8-12-9-20(19-18-12)13-3-4-24-10-13/h3-7,9-10H,8H2,1-2H3,(H,17,21). The molecule has 0 spiro atoms. The van der Waals surface area contributed by atoms with Gasteiger partial charge in [-0.1, -0.05) is 5.21 Å². The Hall–Kier alpha value is -2.87. The third-order valence-corrected chi connectivity index (χ3v) is 4.03. The minimum Gasteiger partial charge on any atom is -0.497 e. The van der Waals surface area contributed by atoms with Gasteiger partial charge in [-0.15, -0.1) is 5.10 Å². The zero-order valence-electron chi connectivity index (χ0n) is 13.2. The molecule has 2 aromatic heterocycles. The summed E-state index contributed by atoms with van der Waals surface area (Å²) in [6.45, 7) is 0.280. The average Bonchev–Trinajstić information content (AvgIpc) is 3.30. The number of aromatic nitrogens is 3. The Kier molecular flexibility index (Phi) is 4.76. The Morgan fingerprint density at radius 3 is 2.62 bits per heavy atom. The first-order valence-electron chi connectivity index (χ1n) is 7.14. The molecular weight excluding hydrogens is 328 g/mol. The molecule has 2 heterocycles. The molecule has 0 aliphatic heterocycles. The van der Waals surface area contributed by atoms with Crippen molar-refractivity contribution in [3.8, 4) is 17.2 Å². The molecule has 0 unspecified atom stereocenters. The van der Waals surface area contributed by atoms with Crippen LogP contribution in [0.15, 0.2) is 41.2 Å². The lowest BCUT2D eigenvalue weighted by atomic mass is 10.2. The van der Waals surface area contributed by atoms with Gasteiger partial charge in [-0.2, -0.15) is 11.3 Å². The van der Waals surface area contributed by atoms with Gasteiger partial charge < -0.3 is 14.8 Å². The SMILES string of the molecule is COc1cc(OC)cc(C(=O)NCc2cn(-c3ccsc3)nn2)c1. The van der Waals surface area contributed by atoms with Crippen molar-refractivity contribution >= 4 is 17.2 Å². The summed E-state index contributed by atoms with van der Waals surface area (Å²) >= 11 is 1.58. The number of ether oxygens (including phenoxy) is 2. The molecule has 1 amide bonds. The molecule has 1 aromatic carbocycles. The number of carbonyl (C=O) groups is 1. The summed E-state index contributed by atoms with van der Waals surface area (Å²) in [6.07, 6.45) is 1.79. The maximum absolute atomic E-state index is 12.3. The van der Waals surface area contributed by atoms with E-state index in [-0.39, 0.29) is 12.5 Å². The van der Waals surface area contributed by atoms with E-state index in [4.69, 9.17) is 9.47 Å². The van der Waals surface area contributed by atoms with Crippen molar-refractivity contribution in [2.24, 2.45) is 0 Å². The van der Waals surface area contributed by atoms with E-state index in [0.29, 0.717) is 22.8 Å². The normalized spacial score (nSPS) is 10.4. The van der Waals surface area contributed by atoms with Gasteiger partial charge in [0.2, 0.25) is 0 Å². The van der Waals surface area contributed by atoms with Gasteiger partial charge in [-0.05, 0) is 23.6 Å². The van der Waals surface area contributed by atoms with E-state index in [1.165, 1.54) is 0 Å². The molecule has 3 aromatic rings. The van der Waals surface area contributed by atoms with Crippen LogP contribution in [0.5, 0.6) is 11.5 Å². The Bertz CT molecular complexity index is 807. The molecule has 0 aliphatic carbocycles. The first kappa shape index (κ1) is 16.0. The number of rotatable bonds is 6. The lowest BCUT2D eigenvalue weighted by Crippen LogP contribution is -2.23. The van der Waals surface area contributed by atoms with Gasteiger partial charge in [-0.25, -0.2) is 4.68 Å². The molecule has 0 fully saturated rings. The third-order valence-electron chi connectivity index (χ3n) is 3.36. The van der Waals surface area contributed by atoms with Crippen LogP contribution < -0.4 is 14.8 Å². The summed E-state index contributed by atoms with van der Waals surface area (Å²) in [5.41, 5.74) is 2.07. The lowest BCUT2D eigenvalue weighted by molar-refractivity contribution is 0.0949. The van der Waals surface area contributed by atoms with Crippen molar-refractivity contribution in [2.75, 3.05) is 14.2 Å². The summed E-state index contributed by atoms with van der Waals surface area (Å²) in [6, 6.07) is 6.97. The van der Waals surface area contributed by atoms with Crippen molar-refractivity contribution in [3.63, 3.8) is 0 Å². The van der Waals surface area contributed by atoms with Crippen molar-refractivity contribution in [3.05, 3.63) is 52.5 Å². The summed E-state index contributed by atoms with van der Waals surface area (Å²) in [5.74, 6) is 0.878. The summed E-state index contributed by atoms with van der Waals surface area (Å²) in [7, 11) is 3.08. The van der Waals surface area contributed by atoms with E-state index in [1.54, 1.807) is 54.6 Å². The largest absolute Gasteiger partial charge is 0.497 e. The van der Waals surface area contributed by atoms with Crippen molar-refractivity contribution in [1.29, 1.82) is 0 Å². The predicted octanol–water partition coefficient (Wildman–Crippen LogP) is 2.28. The molecule has 0 aliphatic rings. The van der Waals surface area contributed by atoms with Gasteiger partial charge in [-0.3, -0.25) is 4.79 Å². The van der Waals surface area contributed by atoms with E-state index in [9.17, 15) is 4.79 Å². The van der Waals surface area contributed by atoms with Gasteiger partial charge in [0.1, 0.15) is 17.2 Å². The quantitative estimate of drug-likeness (QED) is 0.742. The Balaban J connectivity index is 1.67. The molecule has 0 radical (unpaired) electrons. The molecule has 24 heavy (non-hydrogen) atoms. The van der Waals surface area contributed by atoms with Crippen LogP contribution in [0.1, 0.15) is 16.1 Å². The van der Waals surface area contributed by atoms with Crippen LogP contribution in [-0.4, -0.2) is 35.1 Å². The Labute approximate surface area is 142 Å². The van der Waals surface area contributed by atoms with E-state index >= 15 is 0 Å². The number of amides is 1. The van der Waals surface area contributed by atoms with Crippen LogP contribution >= 0.6 is 11.3 Å². The molecule has 8 heteroatoms. The van der Waals surface area contributed by atoms with E-state index in [1.807, 2.05) is 16.8 Å². The molecule has 3 rings (SSSR count). The topological polar surface area (TPSA) is 78.3 Å². The van der Waals surface area contributed by atoms with Crippen LogP contribution in [0.3, 0.4) is 0 Å². The first-order chi connectivity index (χ1) is 11.7. The van der Waals surface area contributed by atoms with E-state index < -0.39 is 0 Å². The second kappa shape index (κ2) is 7.14. The molecule has 0 saturated heterocycles. The highest BCUT2D eigenvalue weighted by Gasteiger charge is 2.11. The molecule has 1 N–H and O–H groups in total. The highest BCUT2D eigenvalue weighted by atomic mass is 32.1. The van der Waals surface area contributed by atoms with Gasteiger partial charge in [0, 0.05) is 17.0 Å². The van der Waals surface area contributed by atoms with Crippen LogP contribution in [0.25, 0.3) is 5.69 Å². The van der Waals surface area contributed by atoms with Gasteiger partial charge in [0.15, 0.2) is 0 Å². The molecule has 124 valence electrons. The maximum Gasteiger partial charge on any atom is 0.251 e. The number of carbonyl (C=O) groups excluding carboxylic acids is 1. The highest BCUT2D eigenvalue weighted by molar-refractivity contribution is 7.08. The molecule has 0 atom stereocenters. The minimum absolute atomic E-state index is 0.239.